The van der Waals surface area contributed by atoms with Gasteiger partial charge in [0.2, 0.25) is 5.39 Å². The van der Waals surface area contributed by atoms with Crippen molar-refractivity contribution < 1.29 is 26.1 Å². The molecule has 0 amide bonds. The van der Waals surface area contributed by atoms with Crippen molar-refractivity contribution in [1.29, 1.82) is 15.9 Å². The summed E-state index contributed by atoms with van der Waals surface area (Å²) in [6.07, 6.45) is 1.17. The van der Waals surface area contributed by atoms with Crippen LogP contribution in [0.4, 0.5) is 18.9 Å². The Morgan fingerprint density at radius 1 is 1.23 bits per heavy atom. The van der Waals surface area contributed by atoms with Gasteiger partial charge in [-0.1, -0.05) is 0 Å². The van der Waals surface area contributed by atoms with Gasteiger partial charge in [-0.2, -0.15) is 23.7 Å². The zero-order valence-electron chi connectivity index (χ0n) is 10.4. The van der Waals surface area contributed by atoms with Gasteiger partial charge in [-0.25, -0.2) is 8.42 Å². The van der Waals surface area contributed by atoms with Crippen LogP contribution in [0.15, 0.2) is 30.3 Å². The number of diazo groups is 1. The fraction of sp³-hybridized carbons (Fsp3) is 0.0909. The molecular weight excluding hydrogens is 325 g/mol. The highest BCUT2D eigenvalue weighted by atomic mass is 32.2. The van der Waals surface area contributed by atoms with Crippen LogP contribution in [0.5, 0.6) is 0 Å². The topological polar surface area (TPSA) is 133 Å². The molecule has 114 valence electrons. The van der Waals surface area contributed by atoms with Crippen LogP contribution >= 0.6 is 0 Å². The molecule has 0 aromatic heterocycles. The predicted molar refractivity (Wildman–Crippen MR) is 66.1 cm³/mol. The maximum absolute atomic E-state index is 10.7. The molecule has 7 nitrogen and oxygen atoms in total. The molecule has 0 saturated carbocycles. The molecule has 0 bridgehead atoms. The van der Waals surface area contributed by atoms with Crippen molar-refractivity contribution in [1.82, 2.24) is 0 Å². The van der Waals surface area contributed by atoms with E-state index in [1.54, 1.807) is 30.3 Å². The van der Waals surface area contributed by atoms with Crippen LogP contribution in [-0.4, -0.2) is 18.5 Å². The average Bonchev–Trinajstić information content (AvgIpc) is 2.43. The summed E-state index contributed by atoms with van der Waals surface area (Å²) in [6, 6.07) is 10.0. The first-order chi connectivity index (χ1) is 10.1. The van der Waals surface area contributed by atoms with Gasteiger partial charge in [0.05, 0.1) is 11.6 Å². The van der Waals surface area contributed by atoms with Gasteiger partial charge in [-0.3, -0.25) is 0 Å². The SMILES string of the molecule is N#C/C=C(\C#N)c1ccc([N+]#N)cc1.O=S(=O)([O-])C(F)(F)F. The maximum Gasteiger partial charge on any atom is 0.485 e. The summed E-state index contributed by atoms with van der Waals surface area (Å²) in [5.74, 6) is 0. The zero-order valence-corrected chi connectivity index (χ0v) is 11.3. The Hall–Kier alpha value is -2.94. The number of alkyl halides is 3. The number of hydrogen-bond acceptors (Lipinski definition) is 6. The van der Waals surface area contributed by atoms with E-state index in [2.05, 4.69) is 4.98 Å². The summed E-state index contributed by atoms with van der Waals surface area (Å²) in [7, 11) is -6.09. The van der Waals surface area contributed by atoms with Gasteiger partial charge >= 0.3 is 11.2 Å². The van der Waals surface area contributed by atoms with E-state index in [4.69, 9.17) is 28.9 Å². The number of nitrogens with zero attached hydrogens (tertiary/aromatic N) is 4. The second-order valence-electron chi connectivity index (χ2n) is 3.35. The van der Waals surface area contributed by atoms with Crippen molar-refractivity contribution in [3.63, 3.8) is 0 Å². The van der Waals surface area contributed by atoms with Crippen molar-refractivity contribution in [2.24, 2.45) is 0 Å². The fourth-order valence-electron chi connectivity index (χ4n) is 0.952. The lowest BCUT2D eigenvalue weighted by atomic mass is 10.1. The maximum atomic E-state index is 10.7. The van der Waals surface area contributed by atoms with E-state index >= 15 is 0 Å². The molecular formula is C11H5F3N4O3S. The molecule has 0 atom stereocenters. The Bertz CT molecular complexity index is 778. The number of hydrogen-bond donors (Lipinski definition) is 0. The number of benzene rings is 1. The zero-order chi connectivity index (χ0) is 17.4. The lowest BCUT2D eigenvalue weighted by molar-refractivity contribution is -0.0517. The van der Waals surface area contributed by atoms with Gasteiger partial charge in [0.25, 0.3) is 0 Å². The molecule has 0 aliphatic rings. The van der Waals surface area contributed by atoms with Crippen LogP contribution in [0.1, 0.15) is 5.56 Å². The molecule has 11 heteroatoms. The third-order valence-corrected chi connectivity index (χ3v) is 2.47. The summed E-state index contributed by atoms with van der Waals surface area (Å²) in [6.45, 7) is 0. The van der Waals surface area contributed by atoms with Crippen LogP contribution in [-0.2, 0) is 10.1 Å². The first kappa shape index (κ1) is 19.1. The minimum atomic E-state index is -6.09. The molecule has 0 fully saturated rings. The third kappa shape index (κ3) is 6.01. The van der Waals surface area contributed by atoms with Crippen LogP contribution < -0.4 is 0 Å². The van der Waals surface area contributed by atoms with E-state index < -0.39 is 15.6 Å². The van der Waals surface area contributed by atoms with E-state index in [0.717, 1.165) is 0 Å². The van der Waals surface area contributed by atoms with Gasteiger partial charge in [-0.15, -0.1) is 0 Å². The molecule has 0 saturated heterocycles. The smallest absolute Gasteiger partial charge is 0.485 e. The van der Waals surface area contributed by atoms with E-state index in [-0.39, 0.29) is 5.57 Å². The van der Waals surface area contributed by atoms with E-state index in [1.165, 1.54) is 6.08 Å². The quantitative estimate of drug-likeness (QED) is 0.336. The molecule has 1 aromatic carbocycles. The van der Waals surface area contributed by atoms with Gasteiger partial charge < -0.3 is 4.55 Å². The molecule has 0 heterocycles. The number of halogens is 3. The second kappa shape index (κ2) is 7.74. The lowest BCUT2D eigenvalue weighted by Gasteiger charge is -2.08. The number of rotatable bonds is 1. The Balaban J connectivity index is 0.000000472. The molecule has 0 N–H and O–H groups in total. The summed E-state index contributed by atoms with van der Waals surface area (Å²) in [5, 5.41) is 25.5. The number of nitriles is 2. The molecule has 0 aliphatic carbocycles. The monoisotopic (exact) mass is 330 g/mol. The minimum absolute atomic E-state index is 0.289. The second-order valence-corrected chi connectivity index (χ2v) is 4.72. The minimum Gasteiger partial charge on any atom is -0.741 e. The highest BCUT2D eigenvalue weighted by Gasteiger charge is 2.36. The van der Waals surface area contributed by atoms with Crippen molar-refractivity contribution in [2.45, 2.75) is 5.51 Å². The normalized spacial score (nSPS) is 11.2. The molecule has 0 spiro atoms. The van der Waals surface area contributed by atoms with Crippen LogP contribution in [0.3, 0.4) is 0 Å². The largest absolute Gasteiger partial charge is 0.741 e. The molecule has 22 heavy (non-hydrogen) atoms. The first-order valence-electron chi connectivity index (χ1n) is 5.04. The van der Waals surface area contributed by atoms with Crippen molar-refractivity contribution in [3.8, 4) is 12.1 Å². The Morgan fingerprint density at radius 2 is 1.68 bits per heavy atom. The highest BCUT2D eigenvalue weighted by Crippen LogP contribution is 2.20. The van der Waals surface area contributed by atoms with Gasteiger partial charge in [0.1, 0.15) is 6.07 Å². The number of allylic oxidation sites excluding steroid dienone is 2. The summed E-state index contributed by atoms with van der Waals surface area (Å²) < 4.78 is 58.9. The van der Waals surface area contributed by atoms with Crippen LogP contribution in [0, 0.1) is 28.1 Å². The Labute approximate surface area is 122 Å². The van der Waals surface area contributed by atoms with Crippen molar-refractivity contribution >= 4 is 21.4 Å². The van der Waals surface area contributed by atoms with Gasteiger partial charge in [-0.05, 0) is 17.7 Å². The summed E-state index contributed by atoms with van der Waals surface area (Å²) in [5.41, 5.74) is -4.33. The first-order valence-corrected chi connectivity index (χ1v) is 6.45. The summed E-state index contributed by atoms with van der Waals surface area (Å²) >= 11 is 0. The average molecular weight is 330 g/mol. The predicted octanol–water partition coefficient (Wildman–Crippen LogP) is 2.65. The fourth-order valence-corrected chi connectivity index (χ4v) is 0.952. The van der Waals surface area contributed by atoms with Crippen molar-refractivity contribution in [3.05, 3.63) is 40.9 Å². The molecule has 0 radical (unpaired) electrons. The van der Waals surface area contributed by atoms with Crippen LogP contribution in [0.25, 0.3) is 10.5 Å². The lowest BCUT2D eigenvalue weighted by Crippen LogP contribution is -2.21. The van der Waals surface area contributed by atoms with E-state index in [0.29, 0.717) is 11.3 Å². The summed E-state index contributed by atoms with van der Waals surface area (Å²) in [4.78, 5) is 2.98. The standard InChI is InChI=1S/C10H5N4.CHF3O3S/c11-6-5-9(7-12)8-1-3-10(14-13)4-2-8;2-1(3,4)8(5,6)7/h1-5H;(H,5,6,7)/q+1;/p-1/b9-5+;. The van der Waals surface area contributed by atoms with Crippen molar-refractivity contribution in [2.75, 3.05) is 0 Å². The molecule has 1 aromatic rings. The Morgan fingerprint density at radius 3 is 1.95 bits per heavy atom. The van der Waals surface area contributed by atoms with Gasteiger partial charge in [0, 0.05) is 18.2 Å². The molecule has 1 rings (SSSR count). The van der Waals surface area contributed by atoms with Gasteiger partial charge in [0.15, 0.2) is 15.1 Å². The van der Waals surface area contributed by atoms with Crippen LogP contribution in [0.2, 0.25) is 0 Å². The molecule has 0 unspecified atom stereocenters. The Kier molecular flexibility index (Phi) is 6.71. The molecule has 0 aliphatic heterocycles. The highest BCUT2D eigenvalue weighted by molar-refractivity contribution is 7.86. The van der Waals surface area contributed by atoms with E-state index in [1.807, 2.05) is 6.07 Å². The van der Waals surface area contributed by atoms with E-state index in [9.17, 15) is 13.2 Å². The third-order valence-electron chi connectivity index (χ3n) is 1.91.